The number of rotatable bonds is 3. The Morgan fingerprint density at radius 1 is 1.06 bits per heavy atom. The Morgan fingerprint density at radius 2 is 1.78 bits per heavy atom. The van der Waals surface area contributed by atoms with Crippen LogP contribution in [0.4, 0.5) is 8.78 Å². The lowest BCUT2D eigenvalue weighted by Gasteiger charge is -2.39. The molecule has 0 radical (unpaired) electrons. The van der Waals surface area contributed by atoms with Crippen LogP contribution in [0, 0.1) is 18.7 Å². The largest absolute Gasteiger partial charge is 0.477 e. The van der Waals surface area contributed by atoms with Gasteiger partial charge in [0, 0.05) is 23.2 Å². The van der Waals surface area contributed by atoms with Crippen molar-refractivity contribution >= 4 is 0 Å². The zero-order valence-corrected chi connectivity index (χ0v) is 19.3. The van der Waals surface area contributed by atoms with E-state index in [9.17, 15) is 14.3 Å². The van der Waals surface area contributed by atoms with Gasteiger partial charge in [0.05, 0.1) is 22.7 Å². The number of aromatic amines is 1. The van der Waals surface area contributed by atoms with E-state index in [1.807, 2.05) is 30.3 Å². The molecule has 1 saturated carbocycles. The molecule has 3 heterocycles. The maximum Gasteiger partial charge on any atom is 0.255 e. The molecular weight excluding hydrogens is 464 g/mol. The molecule has 3 atom stereocenters. The standard InChI is InChI=1S/C28H21F2N3O3/c1-14-13-19-22(24(30)31-14)27(35)23-20(26(34)33-25(32-23)16-7-8-16)21(15-5-3-2-4-6-15)28(27,36-19)17-9-11-18(29)12-10-17/h2-6,9-13,16,21,35H,7-8H2,1H3,(H,32,33,34)/t21-,27+,28+/m1/s1. The molecule has 0 amide bonds. The van der Waals surface area contributed by atoms with E-state index >= 15 is 4.39 Å². The van der Waals surface area contributed by atoms with Crippen molar-refractivity contribution < 1.29 is 18.6 Å². The molecule has 2 aromatic carbocycles. The van der Waals surface area contributed by atoms with Gasteiger partial charge in [-0.2, -0.15) is 4.39 Å². The van der Waals surface area contributed by atoms with Crippen molar-refractivity contribution in [3.63, 3.8) is 0 Å². The summed E-state index contributed by atoms with van der Waals surface area (Å²) in [4.78, 5) is 25.3. The van der Waals surface area contributed by atoms with Gasteiger partial charge in [-0.1, -0.05) is 42.5 Å². The lowest BCUT2D eigenvalue weighted by Crippen LogP contribution is -2.50. The van der Waals surface area contributed by atoms with Gasteiger partial charge in [0.15, 0.2) is 11.2 Å². The predicted octanol–water partition coefficient (Wildman–Crippen LogP) is 4.30. The second-order valence-electron chi connectivity index (χ2n) is 9.81. The Kier molecular flexibility index (Phi) is 4.20. The smallest absolute Gasteiger partial charge is 0.255 e. The number of H-pyrrole nitrogens is 1. The molecule has 1 aliphatic heterocycles. The Hall–Kier alpha value is -3.91. The molecule has 7 rings (SSSR count). The molecule has 0 unspecified atom stereocenters. The van der Waals surface area contributed by atoms with Crippen molar-refractivity contribution in [2.24, 2.45) is 0 Å². The highest BCUT2D eigenvalue weighted by atomic mass is 19.1. The third-order valence-electron chi connectivity index (χ3n) is 7.62. The fraction of sp³-hybridized carbons (Fsp3) is 0.250. The minimum absolute atomic E-state index is 0.0506. The van der Waals surface area contributed by atoms with Crippen LogP contribution in [0.1, 0.15) is 64.1 Å². The molecule has 2 aromatic heterocycles. The second-order valence-corrected chi connectivity index (χ2v) is 9.81. The van der Waals surface area contributed by atoms with E-state index in [0.29, 0.717) is 22.6 Å². The van der Waals surface area contributed by atoms with E-state index in [1.165, 1.54) is 24.3 Å². The molecule has 1 fully saturated rings. The Morgan fingerprint density at radius 3 is 2.47 bits per heavy atom. The third-order valence-corrected chi connectivity index (χ3v) is 7.62. The van der Waals surface area contributed by atoms with E-state index in [0.717, 1.165) is 12.8 Å². The van der Waals surface area contributed by atoms with Crippen molar-refractivity contribution in [2.45, 2.75) is 42.8 Å². The molecule has 0 bridgehead atoms. The highest BCUT2D eigenvalue weighted by Crippen LogP contribution is 2.67. The highest BCUT2D eigenvalue weighted by molar-refractivity contribution is 5.63. The van der Waals surface area contributed by atoms with Crippen LogP contribution in [0.15, 0.2) is 65.5 Å². The molecule has 2 aliphatic carbocycles. The fourth-order valence-corrected chi connectivity index (χ4v) is 5.99. The van der Waals surface area contributed by atoms with Gasteiger partial charge < -0.3 is 14.8 Å². The van der Waals surface area contributed by atoms with Crippen LogP contribution < -0.4 is 10.3 Å². The Labute approximate surface area is 204 Å². The van der Waals surface area contributed by atoms with Crippen LogP contribution >= 0.6 is 0 Å². The first kappa shape index (κ1) is 21.4. The van der Waals surface area contributed by atoms with Gasteiger partial charge in [-0.3, -0.25) is 4.79 Å². The average molecular weight is 485 g/mol. The zero-order chi connectivity index (χ0) is 24.8. The SMILES string of the molecule is Cc1cc2c(c(F)n1)[C@]1(O)c3nc(C4CC4)[nH]c(=O)c3[C@@H](c3ccccc3)[C@]1(c1ccc(F)cc1)O2. The number of benzene rings is 2. The van der Waals surface area contributed by atoms with Crippen molar-refractivity contribution in [3.8, 4) is 5.75 Å². The van der Waals surface area contributed by atoms with Gasteiger partial charge in [0.2, 0.25) is 5.95 Å². The molecule has 8 heteroatoms. The Bertz CT molecular complexity index is 1600. The number of hydrogen-bond donors (Lipinski definition) is 2. The number of aryl methyl sites for hydroxylation is 1. The number of nitrogens with zero attached hydrogens (tertiary/aromatic N) is 2. The molecular formula is C28H21F2N3O3. The summed E-state index contributed by atoms with van der Waals surface area (Å²) in [6.45, 7) is 1.63. The normalized spacial score (nSPS) is 25.7. The quantitative estimate of drug-likeness (QED) is 0.423. The minimum atomic E-state index is -2.20. The summed E-state index contributed by atoms with van der Waals surface area (Å²) in [7, 11) is 0. The second kappa shape index (κ2) is 7.07. The summed E-state index contributed by atoms with van der Waals surface area (Å²) in [5.41, 5.74) is -2.83. The van der Waals surface area contributed by atoms with Crippen molar-refractivity contribution in [3.05, 3.63) is 122 Å². The van der Waals surface area contributed by atoms with Gasteiger partial charge in [-0.05, 0) is 37.5 Å². The van der Waals surface area contributed by atoms with Crippen LogP contribution in [0.2, 0.25) is 0 Å². The van der Waals surface area contributed by atoms with E-state index in [4.69, 9.17) is 9.72 Å². The topological polar surface area (TPSA) is 88.1 Å². The fourth-order valence-electron chi connectivity index (χ4n) is 5.99. The molecule has 0 saturated heterocycles. The summed E-state index contributed by atoms with van der Waals surface area (Å²) >= 11 is 0. The zero-order valence-electron chi connectivity index (χ0n) is 19.3. The minimum Gasteiger partial charge on any atom is -0.477 e. The average Bonchev–Trinajstić information content (AvgIpc) is 3.63. The summed E-state index contributed by atoms with van der Waals surface area (Å²) in [6, 6.07) is 16.2. The summed E-state index contributed by atoms with van der Waals surface area (Å²) in [5, 5.41) is 12.7. The highest BCUT2D eigenvalue weighted by Gasteiger charge is 2.74. The first-order valence-electron chi connectivity index (χ1n) is 11.9. The van der Waals surface area contributed by atoms with Gasteiger partial charge in [-0.15, -0.1) is 0 Å². The van der Waals surface area contributed by atoms with E-state index < -0.39 is 34.4 Å². The summed E-state index contributed by atoms with van der Waals surface area (Å²) < 4.78 is 36.3. The first-order valence-corrected chi connectivity index (χ1v) is 11.9. The lowest BCUT2D eigenvalue weighted by molar-refractivity contribution is -0.0916. The van der Waals surface area contributed by atoms with Crippen LogP contribution in [0.3, 0.4) is 0 Å². The van der Waals surface area contributed by atoms with Gasteiger partial charge in [0.25, 0.3) is 5.56 Å². The summed E-state index contributed by atoms with van der Waals surface area (Å²) in [6.07, 6.45) is 1.74. The Balaban J connectivity index is 1.65. The van der Waals surface area contributed by atoms with Crippen molar-refractivity contribution in [1.82, 2.24) is 15.0 Å². The monoisotopic (exact) mass is 485 g/mol. The number of aromatic nitrogens is 3. The van der Waals surface area contributed by atoms with Crippen LogP contribution in [-0.2, 0) is 11.2 Å². The molecule has 180 valence electrons. The van der Waals surface area contributed by atoms with Gasteiger partial charge >= 0.3 is 0 Å². The number of hydrogen-bond acceptors (Lipinski definition) is 5. The molecule has 6 nitrogen and oxygen atoms in total. The van der Waals surface area contributed by atoms with Crippen molar-refractivity contribution in [2.75, 3.05) is 0 Å². The number of ether oxygens (including phenoxy) is 1. The molecule has 3 aliphatic rings. The number of fused-ring (bicyclic) bond motifs is 5. The third kappa shape index (κ3) is 2.59. The molecule has 36 heavy (non-hydrogen) atoms. The number of pyridine rings is 1. The summed E-state index contributed by atoms with van der Waals surface area (Å²) in [5.74, 6) is -1.59. The maximum atomic E-state index is 15.7. The lowest BCUT2D eigenvalue weighted by atomic mass is 9.70. The number of halogens is 2. The maximum absolute atomic E-state index is 15.7. The van der Waals surface area contributed by atoms with Crippen molar-refractivity contribution in [1.29, 1.82) is 0 Å². The molecule has 0 spiro atoms. The van der Waals surface area contributed by atoms with Gasteiger partial charge in [-0.25, -0.2) is 14.4 Å². The molecule has 4 aromatic rings. The first-order chi connectivity index (χ1) is 17.3. The van der Waals surface area contributed by atoms with Crippen LogP contribution in [0.25, 0.3) is 0 Å². The predicted molar refractivity (Wildman–Crippen MR) is 126 cm³/mol. The number of nitrogens with one attached hydrogen (secondary N) is 1. The van der Waals surface area contributed by atoms with Gasteiger partial charge in [0.1, 0.15) is 17.4 Å². The van der Waals surface area contributed by atoms with E-state index in [1.54, 1.807) is 13.0 Å². The molecule has 2 N–H and O–H groups in total. The van der Waals surface area contributed by atoms with Crippen LogP contribution in [0.5, 0.6) is 5.75 Å². The van der Waals surface area contributed by atoms with E-state index in [-0.39, 0.29) is 28.5 Å². The van der Waals surface area contributed by atoms with E-state index in [2.05, 4.69) is 9.97 Å². The number of aliphatic hydroxyl groups is 1. The van der Waals surface area contributed by atoms with Crippen LogP contribution in [-0.4, -0.2) is 20.1 Å².